The normalized spacial score (nSPS) is 16.9. The van der Waals surface area contributed by atoms with Crippen molar-refractivity contribution in [1.29, 1.82) is 0 Å². The van der Waals surface area contributed by atoms with Gasteiger partial charge in [-0.3, -0.25) is 0 Å². The molecule has 1 aliphatic heterocycles. The highest BCUT2D eigenvalue weighted by molar-refractivity contribution is 7.11. The lowest BCUT2D eigenvalue weighted by Crippen LogP contribution is -2.39. The highest BCUT2D eigenvalue weighted by Crippen LogP contribution is 2.16. The van der Waals surface area contributed by atoms with Crippen LogP contribution in [0.4, 0.5) is 0 Å². The largest absolute Gasteiger partial charge is 0.357 e. The molecule has 0 unspecified atom stereocenters. The molecule has 0 saturated carbocycles. The average molecular weight is 352 g/mol. The summed E-state index contributed by atoms with van der Waals surface area (Å²) >= 11 is 1.74. The lowest BCUT2D eigenvalue weighted by molar-refractivity contribution is 0.282. The van der Waals surface area contributed by atoms with E-state index in [1.807, 2.05) is 0 Å². The first-order chi connectivity index (χ1) is 11.7. The molecule has 0 aromatic carbocycles. The van der Waals surface area contributed by atoms with Crippen molar-refractivity contribution in [3.63, 3.8) is 0 Å². The molecule has 2 N–H and O–H groups in total. The molecule has 0 radical (unpaired) electrons. The van der Waals surface area contributed by atoms with Crippen LogP contribution in [-0.4, -0.2) is 48.6 Å². The molecule has 0 aliphatic carbocycles. The predicted molar refractivity (Wildman–Crippen MR) is 104 cm³/mol. The van der Waals surface area contributed by atoms with E-state index in [1.165, 1.54) is 56.6 Å². The zero-order valence-electron chi connectivity index (χ0n) is 15.5. The minimum Gasteiger partial charge on any atom is -0.357 e. The van der Waals surface area contributed by atoms with Crippen molar-refractivity contribution >= 4 is 17.3 Å². The van der Waals surface area contributed by atoms with Gasteiger partial charge in [0.2, 0.25) is 0 Å². The third kappa shape index (κ3) is 6.77. The molecule has 2 rings (SSSR count). The summed E-state index contributed by atoms with van der Waals surface area (Å²) in [4.78, 5) is 13.1. The summed E-state index contributed by atoms with van der Waals surface area (Å²) in [7, 11) is 0. The van der Waals surface area contributed by atoms with E-state index >= 15 is 0 Å². The second-order valence-electron chi connectivity index (χ2n) is 6.48. The Labute approximate surface area is 151 Å². The van der Waals surface area contributed by atoms with E-state index in [9.17, 15) is 0 Å². The Kier molecular flexibility index (Phi) is 8.53. The maximum Gasteiger partial charge on any atom is 0.191 e. The lowest BCUT2D eigenvalue weighted by atomic mass is 10.2. The number of hydrogen-bond acceptors (Lipinski definition) is 4. The van der Waals surface area contributed by atoms with Gasteiger partial charge in [0.1, 0.15) is 5.01 Å². The van der Waals surface area contributed by atoms with Crippen molar-refractivity contribution in [2.75, 3.05) is 32.7 Å². The second kappa shape index (κ2) is 10.7. The fraction of sp³-hybridized carbons (Fsp3) is 0.778. The monoisotopic (exact) mass is 351 g/mol. The molecule has 0 bridgehead atoms. The minimum absolute atomic E-state index is 0.654. The Morgan fingerprint density at radius 1 is 1.17 bits per heavy atom. The summed E-state index contributed by atoms with van der Waals surface area (Å²) in [6, 6.07) is 0. The van der Waals surface area contributed by atoms with Crippen LogP contribution in [-0.2, 0) is 6.54 Å². The quantitative estimate of drug-likeness (QED) is 0.450. The number of aryl methyl sites for hydroxylation is 2. The van der Waals surface area contributed by atoms with Crippen molar-refractivity contribution < 1.29 is 0 Å². The average Bonchev–Trinajstić information content (AvgIpc) is 2.77. The van der Waals surface area contributed by atoms with Gasteiger partial charge in [0.15, 0.2) is 5.96 Å². The molecule has 0 amide bonds. The van der Waals surface area contributed by atoms with Gasteiger partial charge >= 0.3 is 0 Å². The molecule has 6 heteroatoms. The van der Waals surface area contributed by atoms with Crippen LogP contribution in [0.25, 0.3) is 0 Å². The molecular weight excluding hydrogens is 318 g/mol. The maximum atomic E-state index is 4.67. The Morgan fingerprint density at radius 2 is 1.92 bits per heavy atom. The van der Waals surface area contributed by atoms with Gasteiger partial charge in [-0.25, -0.2) is 9.98 Å². The van der Waals surface area contributed by atoms with Crippen LogP contribution in [0.5, 0.6) is 0 Å². The Morgan fingerprint density at radius 3 is 2.54 bits per heavy atom. The first-order valence-corrected chi connectivity index (χ1v) is 10.2. The number of rotatable bonds is 7. The van der Waals surface area contributed by atoms with Crippen LogP contribution >= 0.6 is 11.3 Å². The highest BCUT2D eigenvalue weighted by atomic mass is 32.1. The smallest absolute Gasteiger partial charge is 0.191 e. The fourth-order valence-electron chi connectivity index (χ4n) is 2.96. The van der Waals surface area contributed by atoms with Crippen molar-refractivity contribution in [1.82, 2.24) is 20.5 Å². The SMILES string of the molecule is CCNC(=NCc1nc(C)c(C)s1)NCCCN1CCCCCC1. The molecule has 2 heterocycles. The van der Waals surface area contributed by atoms with Gasteiger partial charge in [-0.15, -0.1) is 11.3 Å². The number of nitrogens with zero attached hydrogens (tertiary/aromatic N) is 3. The van der Waals surface area contributed by atoms with E-state index in [1.54, 1.807) is 11.3 Å². The van der Waals surface area contributed by atoms with Crippen LogP contribution in [0.15, 0.2) is 4.99 Å². The predicted octanol–water partition coefficient (Wildman–Crippen LogP) is 3.08. The van der Waals surface area contributed by atoms with Crippen LogP contribution in [0.3, 0.4) is 0 Å². The molecule has 1 aromatic heterocycles. The van der Waals surface area contributed by atoms with Gasteiger partial charge in [0.25, 0.3) is 0 Å². The molecule has 5 nitrogen and oxygen atoms in total. The van der Waals surface area contributed by atoms with E-state index in [0.29, 0.717) is 6.54 Å². The minimum atomic E-state index is 0.654. The van der Waals surface area contributed by atoms with Crippen molar-refractivity contribution in [3.05, 3.63) is 15.6 Å². The summed E-state index contributed by atoms with van der Waals surface area (Å²) in [5.74, 6) is 0.902. The first kappa shape index (κ1) is 19.2. The number of likely N-dealkylation sites (tertiary alicyclic amines) is 1. The van der Waals surface area contributed by atoms with Gasteiger partial charge in [-0.1, -0.05) is 12.8 Å². The summed E-state index contributed by atoms with van der Waals surface area (Å²) in [5.41, 5.74) is 1.13. The summed E-state index contributed by atoms with van der Waals surface area (Å²) in [6.45, 7) is 12.5. The lowest BCUT2D eigenvalue weighted by Gasteiger charge is -2.20. The van der Waals surface area contributed by atoms with E-state index in [0.717, 1.165) is 29.8 Å². The molecule has 1 saturated heterocycles. The van der Waals surface area contributed by atoms with E-state index < -0.39 is 0 Å². The van der Waals surface area contributed by atoms with E-state index in [4.69, 9.17) is 0 Å². The third-order valence-electron chi connectivity index (χ3n) is 4.43. The van der Waals surface area contributed by atoms with Crippen molar-refractivity contribution in [2.24, 2.45) is 4.99 Å². The summed E-state index contributed by atoms with van der Waals surface area (Å²) < 4.78 is 0. The molecule has 1 fully saturated rings. The zero-order valence-corrected chi connectivity index (χ0v) is 16.3. The standard InChI is InChI=1S/C18H33N5S/c1-4-19-18(21-14-17-22-15(2)16(3)24-17)20-10-9-13-23-11-7-5-6-8-12-23/h4-14H2,1-3H3,(H2,19,20,21). The third-order valence-corrected chi connectivity index (χ3v) is 5.49. The van der Waals surface area contributed by atoms with Gasteiger partial charge in [-0.2, -0.15) is 0 Å². The fourth-order valence-corrected chi connectivity index (χ4v) is 3.82. The number of guanidine groups is 1. The highest BCUT2D eigenvalue weighted by Gasteiger charge is 2.08. The first-order valence-electron chi connectivity index (χ1n) is 9.36. The number of aromatic nitrogens is 1. The molecule has 1 aromatic rings. The molecule has 136 valence electrons. The molecule has 0 spiro atoms. The zero-order chi connectivity index (χ0) is 17.2. The molecule has 24 heavy (non-hydrogen) atoms. The summed E-state index contributed by atoms with van der Waals surface area (Å²) in [5, 5.41) is 7.87. The van der Waals surface area contributed by atoms with Crippen LogP contribution < -0.4 is 10.6 Å². The van der Waals surface area contributed by atoms with Gasteiger partial charge < -0.3 is 15.5 Å². The maximum absolute atomic E-state index is 4.67. The van der Waals surface area contributed by atoms with Gasteiger partial charge in [0, 0.05) is 18.0 Å². The number of nitrogens with one attached hydrogen (secondary N) is 2. The number of aliphatic imine (C=N–C) groups is 1. The molecular formula is C18H33N5S. The van der Waals surface area contributed by atoms with Crippen LogP contribution in [0.2, 0.25) is 0 Å². The van der Waals surface area contributed by atoms with E-state index in [-0.39, 0.29) is 0 Å². The van der Waals surface area contributed by atoms with Crippen LogP contribution in [0, 0.1) is 13.8 Å². The second-order valence-corrected chi connectivity index (χ2v) is 7.77. The van der Waals surface area contributed by atoms with Gasteiger partial charge in [-0.05, 0) is 59.7 Å². The Bertz CT molecular complexity index is 484. The summed E-state index contributed by atoms with van der Waals surface area (Å²) in [6.07, 6.45) is 6.71. The molecule has 0 atom stereocenters. The number of hydrogen-bond donors (Lipinski definition) is 2. The van der Waals surface area contributed by atoms with Crippen molar-refractivity contribution in [3.8, 4) is 0 Å². The van der Waals surface area contributed by atoms with Gasteiger partial charge in [0.05, 0.1) is 12.2 Å². The van der Waals surface area contributed by atoms with Crippen LogP contribution in [0.1, 0.15) is 54.6 Å². The topological polar surface area (TPSA) is 52.6 Å². The van der Waals surface area contributed by atoms with Crippen molar-refractivity contribution in [2.45, 2.75) is 59.4 Å². The van der Waals surface area contributed by atoms with E-state index in [2.05, 4.69) is 46.3 Å². The Hall–Kier alpha value is -1.14. The molecule has 1 aliphatic rings. The number of thiazole rings is 1. The Balaban J connectivity index is 1.72.